The van der Waals surface area contributed by atoms with Crippen LogP contribution < -0.4 is 10.2 Å². The van der Waals surface area contributed by atoms with Crippen molar-refractivity contribution in [2.24, 2.45) is 5.10 Å². The van der Waals surface area contributed by atoms with E-state index in [2.05, 4.69) is 21.6 Å². The van der Waals surface area contributed by atoms with Gasteiger partial charge in [0.1, 0.15) is 29.8 Å². The van der Waals surface area contributed by atoms with Gasteiger partial charge in [0.15, 0.2) is 5.82 Å². The summed E-state index contributed by atoms with van der Waals surface area (Å²) in [7, 11) is 1.57. The number of methoxy groups -OCH3 is 1. The van der Waals surface area contributed by atoms with Crippen molar-refractivity contribution in [1.82, 2.24) is 4.98 Å². The van der Waals surface area contributed by atoms with E-state index in [1.165, 1.54) is 6.07 Å². The number of anilines is 1. The van der Waals surface area contributed by atoms with Crippen molar-refractivity contribution in [2.75, 3.05) is 12.5 Å². The number of ether oxygens (including phenoxy) is 2. The lowest BCUT2D eigenvalue weighted by Gasteiger charge is -2.10. The number of aromatic nitrogens is 1. The van der Waals surface area contributed by atoms with E-state index in [-0.39, 0.29) is 12.4 Å². The Morgan fingerprint density at radius 2 is 1.90 bits per heavy atom. The molecule has 152 valence electrons. The Kier molecular flexibility index (Phi) is 7.09. The van der Waals surface area contributed by atoms with Gasteiger partial charge < -0.3 is 9.47 Å². The molecule has 0 amide bonds. The van der Waals surface area contributed by atoms with Gasteiger partial charge in [0.2, 0.25) is 0 Å². The molecule has 0 bridgehead atoms. The predicted octanol–water partition coefficient (Wildman–Crippen LogP) is 4.57. The van der Waals surface area contributed by atoms with Crippen LogP contribution in [0.25, 0.3) is 0 Å². The molecule has 2 aromatic carbocycles. The van der Waals surface area contributed by atoms with Gasteiger partial charge in [0, 0.05) is 29.5 Å². The van der Waals surface area contributed by atoms with Crippen LogP contribution in [0.5, 0.6) is 5.75 Å². The summed E-state index contributed by atoms with van der Waals surface area (Å²) in [5.41, 5.74) is 5.85. The number of halogens is 1. The highest BCUT2D eigenvalue weighted by atomic mass is 19.1. The second kappa shape index (κ2) is 10.1. The molecule has 0 saturated carbocycles. The molecule has 1 heterocycles. The van der Waals surface area contributed by atoms with Gasteiger partial charge in [-0.2, -0.15) is 10.4 Å². The van der Waals surface area contributed by atoms with Crippen molar-refractivity contribution in [3.05, 3.63) is 88.4 Å². The summed E-state index contributed by atoms with van der Waals surface area (Å²) in [4.78, 5) is 4.35. The van der Waals surface area contributed by atoms with Crippen molar-refractivity contribution >= 4 is 12.0 Å². The average Bonchev–Trinajstić information content (AvgIpc) is 2.74. The van der Waals surface area contributed by atoms with Gasteiger partial charge in [0.25, 0.3) is 0 Å². The lowest BCUT2D eigenvalue weighted by molar-refractivity contribution is 0.184. The zero-order valence-corrected chi connectivity index (χ0v) is 16.7. The van der Waals surface area contributed by atoms with E-state index >= 15 is 0 Å². The Balaban J connectivity index is 1.76. The molecular weight excluding hydrogens is 383 g/mol. The minimum atomic E-state index is -0.313. The molecule has 0 radical (unpaired) electrons. The van der Waals surface area contributed by atoms with Crippen molar-refractivity contribution in [1.29, 1.82) is 5.26 Å². The Labute approximate surface area is 174 Å². The molecule has 0 spiro atoms. The largest absolute Gasteiger partial charge is 0.488 e. The second-order valence-electron chi connectivity index (χ2n) is 6.48. The van der Waals surface area contributed by atoms with E-state index in [9.17, 15) is 9.65 Å². The number of hydrogen-bond donors (Lipinski definition) is 1. The van der Waals surface area contributed by atoms with Crippen LogP contribution >= 0.6 is 0 Å². The van der Waals surface area contributed by atoms with E-state index in [0.29, 0.717) is 34.9 Å². The van der Waals surface area contributed by atoms with Crippen LogP contribution in [-0.4, -0.2) is 18.3 Å². The molecular formula is C23H21FN4O2. The first-order chi connectivity index (χ1) is 14.6. The zero-order valence-electron chi connectivity index (χ0n) is 16.7. The van der Waals surface area contributed by atoms with Crippen molar-refractivity contribution in [2.45, 2.75) is 20.1 Å². The number of nitriles is 1. The van der Waals surface area contributed by atoms with E-state index in [4.69, 9.17) is 9.47 Å². The second-order valence-corrected chi connectivity index (χ2v) is 6.48. The van der Waals surface area contributed by atoms with E-state index in [0.717, 1.165) is 11.3 Å². The van der Waals surface area contributed by atoms with E-state index < -0.39 is 0 Å². The maximum Gasteiger partial charge on any atom is 0.164 e. The maximum atomic E-state index is 13.8. The molecule has 1 aromatic heterocycles. The molecule has 3 rings (SSSR count). The number of nitrogens with zero attached hydrogens (tertiary/aromatic N) is 3. The van der Waals surface area contributed by atoms with Gasteiger partial charge >= 0.3 is 0 Å². The Morgan fingerprint density at radius 1 is 1.13 bits per heavy atom. The molecule has 0 atom stereocenters. The number of pyridine rings is 1. The van der Waals surface area contributed by atoms with Gasteiger partial charge in [-0.15, -0.1) is 0 Å². The van der Waals surface area contributed by atoms with Gasteiger partial charge in [-0.1, -0.05) is 30.3 Å². The normalized spacial score (nSPS) is 10.7. The molecule has 0 aliphatic carbocycles. The topological polar surface area (TPSA) is 79.5 Å². The standard InChI is InChI=1S/C23H21FN4O2/c1-16-11-19(14-29-2)20(12-25)23(27-16)28-26-13-17-7-4-6-10-22(17)30-15-18-8-3-5-9-21(18)24/h3-11,13H,14-15H2,1-2H3,(H,27,28)/b26-13+. The summed E-state index contributed by atoms with van der Waals surface area (Å²) in [5, 5.41) is 13.7. The van der Waals surface area contributed by atoms with E-state index in [1.807, 2.05) is 31.2 Å². The fraction of sp³-hybridized carbons (Fsp3) is 0.174. The number of rotatable bonds is 8. The van der Waals surface area contributed by atoms with Crippen LogP contribution in [0.15, 0.2) is 59.7 Å². The van der Waals surface area contributed by atoms with Crippen LogP contribution in [0.4, 0.5) is 10.2 Å². The lowest BCUT2D eigenvalue weighted by atomic mass is 10.1. The molecule has 0 saturated heterocycles. The Morgan fingerprint density at radius 3 is 2.67 bits per heavy atom. The number of nitrogens with one attached hydrogen (secondary N) is 1. The molecule has 1 N–H and O–H groups in total. The molecule has 3 aromatic rings. The third-order valence-corrected chi connectivity index (χ3v) is 4.27. The quantitative estimate of drug-likeness (QED) is 0.439. The first kappa shape index (κ1) is 21.0. The minimum absolute atomic E-state index is 0.101. The Hall–Kier alpha value is -3.76. The van der Waals surface area contributed by atoms with E-state index in [1.54, 1.807) is 37.6 Å². The summed E-state index contributed by atoms with van der Waals surface area (Å²) in [6.45, 7) is 2.24. The summed E-state index contributed by atoms with van der Waals surface area (Å²) < 4.78 is 24.7. The van der Waals surface area contributed by atoms with Crippen LogP contribution in [0, 0.1) is 24.1 Å². The van der Waals surface area contributed by atoms with Crippen LogP contribution in [0.3, 0.4) is 0 Å². The molecule has 30 heavy (non-hydrogen) atoms. The summed E-state index contributed by atoms with van der Waals surface area (Å²) in [5.74, 6) is 0.598. The highest BCUT2D eigenvalue weighted by molar-refractivity contribution is 5.84. The Bertz CT molecular complexity index is 1090. The molecule has 6 nitrogen and oxygen atoms in total. The van der Waals surface area contributed by atoms with Crippen LogP contribution in [0.1, 0.15) is 27.9 Å². The van der Waals surface area contributed by atoms with Gasteiger partial charge in [0.05, 0.1) is 12.8 Å². The summed E-state index contributed by atoms with van der Waals surface area (Å²) in [6, 6.07) is 17.7. The van der Waals surface area contributed by atoms with Gasteiger partial charge in [-0.05, 0) is 31.2 Å². The van der Waals surface area contributed by atoms with Crippen molar-refractivity contribution < 1.29 is 13.9 Å². The molecule has 0 unspecified atom stereocenters. The fourth-order valence-corrected chi connectivity index (χ4v) is 2.87. The molecule has 0 aliphatic rings. The lowest BCUT2D eigenvalue weighted by Crippen LogP contribution is -2.04. The third-order valence-electron chi connectivity index (χ3n) is 4.27. The molecule has 0 aliphatic heterocycles. The first-order valence-corrected chi connectivity index (χ1v) is 9.26. The summed E-state index contributed by atoms with van der Waals surface area (Å²) in [6.07, 6.45) is 1.57. The average molecular weight is 404 g/mol. The van der Waals surface area contributed by atoms with Crippen LogP contribution in [0.2, 0.25) is 0 Å². The predicted molar refractivity (Wildman–Crippen MR) is 113 cm³/mol. The van der Waals surface area contributed by atoms with Crippen molar-refractivity contribution in [3.8, 4) is 11.8 Å². The number of aryl methyl sites for hydroxylation is 1. The number of hydrazone groups is 1. The number of benzene rings is 2. The molecule has 0 fully saturated rings. The summed E-state index contributed by atoms with van der Waals surface area (Å²) >= 11 is 0. The molecule has 7 heteroatoms. The van der Waals surface area contributed by atoms with Gasteiger partial charge in [-0.25, -0.2) is 9.37 Å². The SMILES string of the molecule is COCc1cc(C)nc(N/N=C/c2ccccc2OCc2ccccc2F)c1C#N. The van der Waals surface area contributed by atoms with Crippen LogP contribution in [-0.2, 0) is 18.0 Å². The maximum absolute atomic E-state index is 13.8. The zero-order chi connectivity index (χ0) is 21.3. The first-order valence-electron chi connectivity index (χ1n) is 9.26. The van der Waals surface area contributed by atoms with Gasteiger partial charge in [-0.3, -0.25) is 5.43 Å². The minimum Gasteiger partial charge on any atom is -0.488 e. The van der Waals surface area contributed by atoms with Crippen molar-refractivity contribution in [3.63, 3.8) is 0 Å². The highest BCUT2D eigenvalue weighted by Crippen LogP contribution is 2.21. The monoisotopic (exact) mass is 404 g/mol. The number of hydrogen-bond acceptors (Lipinski definition) is 6. The smallest absolute Gasteiger partial charge is 0.164 e. The highest BCUT2D eigenvalue weighted by Gasteiger charge is 2.11. The number of para-hydroxylation sites is 1. The fourth-order valence-electron chi connectivity index (χ4n) is 2.87. The third kappa shape index (κ3) is 5.19.